The van der Waals surface area contributed by atoms with E-state index in [1.165, 1.54) is 4.90 Å². The first kappa shape index (κ1) is 15.6. The first-order chi connectivity index (χ1) is 11.1. The Kier molecular flexibility index (Phi) is 4.37. The molecule has 3 rings (SSSR count). The normalized spacial score (nSPS) is 24.6. The first-order valence-electron chi connectivity index (χ1n) is 7.54. The number of morpholine rings is 1. The van der Waals surface area contributed by atoms with Crippen molar-refractivity contribution in [1.29, 1.82) is 5.26 Å². The zero-order chi connectivity index (χ0) is 16.4. The third-order valence-corrected chi connectivity index (χ3v) is 4.48. The number of methoxy groups -OCH3 is 1. The summed E-state index contributed by atoms with van der Waals surface area (Å²) < 4.78 is 11.2. The summed E-state index contributed by atoms with van der Waals surface area (Å²) in [6, 6.07) is 7.68. The molecule has 2 fully saturated rings. The molecule has 0 unspecified atom stereocenters. The van der Waals surface area contributed by atoms with E-state index >= 15 is 0 Å². The van der Waals surface area contributed by atoms with Gasteiger partial charge in [0.15, 0.2) is 0 Å². The number of nitrogens with zero attached hydrogens (tertiary/aromatic N) is 3. The number of benzene rings is 1. The summed E-state index contributed by atoms with van der Waals surface area (Å²) >= 11 is 0. The van der Waals surface area contributed by atoms with Crippen molar-refractivity contribution in [2.45, 2.75) is 12.1 Å². The zero-order valence-electron chi connectivity index (χ0n) is 12.9. The SMILES string of the molecule is COc1cc([C@H]2CN3CCN(C(=O)O)C[C@H]3CO2)ccc1C#N. The molecule has 2 saturated heterocycles. The molecule has 2 aliphatic rings. The smallest absolute Gasteiger partial charge is 0.407 e. The molecule has 2 heterocycles. The maximum Gasteiger partial charge on any atom is 0.407 e. The minimum atomic E-state index is -0.872. The quantitative estimate of drug-likeness (QED) is 0.885. The van der Waals surface area contributed by atoms with Crippen molar-refractivity contribution < 1.29 is 19.4 Å². The van der Waals surface area contributed by atoms with E-state index in [2.05, 4.69) is 11.0 Å². The minimum absolute atomic E-state index is 0.0933. The van der Waals surface area contributed by atoms with Crippen LogP contribution < -0.4 is 4.74 Å². The van der Waals surface area contributed by atoms with Crippen LogP contribution in [-0.4, -0.2) is 66.9 Å². The Bertz CT molecular complexity index is 643. The average molecular weight is 317 g/mol. The van der Waals surface area contributed by atoms with E-state index in [1.54, 1.807) is 13.2 Å². The molecule has 0 aromatic heterocycles. The van der Waals surface area contributed by atoms with Crippen LogP contribution in [0.2, 0.25) is 0 Å². The predicted molar refractivity (Wildman–Crippen MR) is 81.4 cm³/mol. The summed E-state index contributed by atoms with van der Waals surface area (Å²) in [6.45, 7) is 2.93. The van der Waals surface area contributed by atoms with Crippen LogP contribution in [0.3, 0.4) is 0 Å². The number of hydrogen-bond donors (Lipinski definition) is 1. The van der Waals surface area contributed by atoms with Crippen LogP contribution in [0.5, 0.6) is 5.75 Å². The lowest BCUT2D eigenvalue weighted by Crippen LogP contribution is -2.59. The summed E-state index contributed by atoms with van der Waals surface area (Å²) in [5.41, 5.74) is 1.47. The van der Waals surface area contributed by atoms with Gasteiger partial charge >= 0.3 is 6.09 Å². The summed E-state index contributed by atoms with van der Waals surface area (Å²) in [5.74, 6) is 0.548. The molecule has 2 aliphatic heterocycles. The van der Waals surface area contributed by atoms with Crippen LogP contribution in [0.25, 0.3) is 0 Å². The molecule has 7 nitrogen and oxygen atoms in total. The Hall–Kier alpha value is -2.30. The van der Waals surface area contributed by atoms with Gasteiger partial charge in [0.1, 0.15) is 11.8 Å². The van der Waals surface area contributed by atoms with Crippen molar-refractivity contribution >= 4 is 6.09 Å². The molecule has 0 spiro atoms. The van der Waals surface area contributed by atoms with Gasteiger partial charge < -0.3 is 19.5 Å². The maximum absolute atomic E-state index is 11.1. The van der Waals surface area contributed by atoms with Gasteiger partial charge in [0.05, 0.1) is 31.4 Å². The van der Waals surface area contributed by atoms with Gasteiger partial charge in [-0.25, -0.2) is 4.79 Å². The van der Waals surface area contributed by atoms with Gasteiger partial charge in [0, 0.05) is 26.2 Å². The Morgan fingerprint density at radius 1 is 1.43 bits per heavy atom. The highest BCUT2D eigenvalue weighted by molar-refractivity contribution is 5.65. The Morgan fingerprint density at radius 3 is 2.96 bits per heavy atom. The van der Waals surface area contributed by atoms with Gasteiger partial charge in [0.25, 0.3) is 0 Å². The Morgan fingerprint density at radius 2 is 2.26 bits per heavy atom. The second kappa shape index (κ2) is 6.44. The molecule has 0 bridgehead atoms. The number of ether oxygens (including phenoxy) is 2. The lowest BCUT2D eigenvalue weighted by atomic mass is 10.0. The van der Waals surface area contributed by atoms with E-state index in [1.807, 2.05) is 12.1 Å². The molecule has 1 amide bonds. The number of piperazine rings is 1. The summed E-state index contributed by atoms with van der Waals surface area (Å²) in [7, 11) is 1.54. The number of nitriles is 1. The highest BCUT2D eigenvalue weighted by Crippen LogP contribution is 2.30. The maximum atomic E-state index is 11.1. The molecule has 0 aliphatic carbocycles. The van der Waals surface area contributed by atoms with Crippen molar-refractivity contribution in [2.24, 2.45) is 0 Å². The topological polar surface area (TPSA) is 86.0 Å². The second-order valence-electron chi connectivity index (χ2n) is 5.77. The molecule has 7 heteroatoms. The number of hydrogen-bond acceptors (Lipinski definition) is 5. The van der Waals surface area contributed by atoms with E-state index in [4.69, 9.17) is 19.8 Å². The summed E-state index contributed by atoms with van der Waals surface area (Å²) in [6.07, 6.45) is -0.965. The molecule has 0 radical (unpaired) electrons. The summed E-state index contributed by atoms with van der Waals surface area (Å²) in [4.78, 5) is 14.8. The highest BCUT2D eigenvalue weighted by Gasteiger charge is 2.35. The van der Waals surface area contributed by atoms with Crippen LogP contribution >= 0.6 is 0 Å². The highest BCUT2D eigenvalue weighted by atomic mass is 16.5. The van der Waals surface area contributed by atoms with Crippen LogP contribution in [0.4, 0.5) is 4.79 Å². The fourth-order valence-electron chi connectivity index (χ4n) is 3.16. The standard InChI is InChI=1S/C16H19N3O4/c1-22-14-6-11(2-3-12(14)7-17)15-9-18-4-5-19(16(20)21)8-13(18)10-23-15/h2-3,6,13,15H,4-5,8-10H2,1H3,(H,20,21)/t13-,15+/m0/s1. The third-order valence-electron chi connectivity index (χ3n) is 4.48. The fraction of sp³-hybridized carbons (Fsp3) is 0.500. The molecule has 122 valence electrons. The number of carbonyl (C=O) groups is 1. The van der Waals surface area contributed by atoms with Gasteiger partial charge in [-0.2, -0.15) is 5.26 Å². The van der Waals surface area contributed by atoms with E-state index in [9.17, 15) is 4.79 Å². The third kappa shape index (κ3) is 3.09. The number of fused-ring (bicyclic) bond motifs is 1. The van der Waals surface area contributed by atoms with Crippen LogP contribution in [0.15, 0.2) is 18.2 Å². The van der Waals surface area contributed by atoms with E-state index in [0.29, 0.717) is 44.1 Å². The van der Waals surface area contributed by atoms with Gasteiger partial charge in [0.2, 0.25) is 0 Å². The van der Waals surface area contributed by atoms with E-state index in [0.717, 1.165) is 5.56 Å². The van der Waals surface area contributed by atoms with Gasteiger partial charge in [-0.1, -0.05) is 6.07 Å². The van der Waals surface area contributed by atoms with Crippen LogP contribution in [0, 0.1) is 11.3 Å². The second-order valence-corrected chi connectivity index (χ2v) is 5.77. The number of rotatable bonds is 2. The molecule has 2 atom stereocenters. The number of amides is 1. The Balaban J connectivity index is 1.71. The summed E-state index contributed by atoms with van der Waals surface area (Å²) in [5, 5.41) is 18.1. The molecule has 1 aromatic carbocycles. The van der Waals surface area contributed by atoms with Crippen LogP contribution in [0.1, 0.15) is 17.2 Å². The van der Waals surface area contributed by atoms with Crippen molar-refractivity contribution in [3.63, 3.8) is 0 Å². The molecular weight excluding hydrogens is 298 g/mol. The van der Waals surface area contributed by atoms with Gasteiger partial charge in [-0.05, 0) is 17.7 Å². The lowest BCUT2D eigenvalue weighted by molar-refractivity contribution is -0.0867. The monoisotopic (exact) mass is 317 g/mol. The van der Waals surface area contributed by atoms with E-state index in [-0.39, 0.29) is 12.1 Å². The lowest BCUT2D eigenvalue weighted by Gasteiger charge is -2.45. The van der Waals surface area contributed by atoms with Crippen molar-refractivity contribution in [3.05, 3.63) is 29.3 Å². The fourth-order valence-corrected chi connectivity index (χ4v) is 3.16. The van der Waals surface area contributed by atoms with E-state index < -0.39 is 6.09 Å². The largest absolute Gasteiger partial charge is 0.495 e. The molecular formula is C16H19N3O4. The number of carboxylic acid groups (broad SMARTS) is 1. The minimum Gasteiger partial charge on any atom is -0.495 e. The zero-order valence-corrected chi connectivity index (χ0v) is 12.9. The van der Waals surface area contributed by atoms with Crippen molar-refractivity contribution in [1.82, 2.24) is 9.80 Å². The van der Waals surface area contributed by atoms with Gasteiger partial charge in [-0.15, -0.1) is 0 Å². The Labute approximate surface area is 134 Å². The predicted octanol–water partition coefficient (Wildman–Crippen LogP) is 1.30. The average Bonchev–Trinajstić information content (AvgIpc) is 2.60. The molecule has 1 N–H and O–H groups in total. The van der Waals surface area contributed by atoms with Gasteiger partial charge in [-0.3, -0.25) is 4.90 Å². The molecule has 0 saturated carbocycles. The first-order valence-corrected chi connectivity index (χ1v) is 7.54. The van der Waals surface area contributed by atoms with Crippen molar-refractivity contribution in [3.8, 4) is 11.8 Å². The van der Waals surface area contributed by atoms with Crippen LogP contribution in [-0.2, 0) is 4.74 Å². The molecule has 1 aromatic rings. The molecule has 23 heavy (non-hydrogen) atoms. The van der Waals surface area contributed by atoms with Crippen molar-refractivity contribution in [2.75, 3.05) is 39.9 Å².